The number of aromatic hydroxyl groups is 1. The van der Waals surface area contributed by atoms with Crippen LogP contribution in [0.4, 0.5) is 0 Å². The Labute approximate surface area is 169 Å². The number of fused-ring (bicyclic) bond motifs is 1. The summed E-state index contributed by atoms with van der Waals surface area (Å²) in [4.78, 5) is 1.28. The molecule has 28 heavy (non-hydrogen) atoms. The third-order valence-corrected chi connectivity index (χ3v) is 6.62. The van der Waals surface area contributed by atoms with Crippen LogP contribution in [0.1, 0.15) is 47.4 Å². The highest BCUT2D eigenvalue weighted by Gasteiger charge is 2.31. The number of rotatable bonds is 5. The van der Waals surface area contributed by atoms with Crippen LogP contribution in [0, 0.1) is 0 Å². The van der Waals surface area contributed by atoms with E-state index in [2.05, 4.69) is 37.3 Å². The average Bonchev–Trinajstić information content (AvgIpc) is 3.10. The molecule has 0 bridgehead atoms. The molecule has 2 heterocycles. The van der Waals surface area contributed by atoms with Gasteiger partial charge in [-0.1, -0.05) is 25.1 Å². The number of hydrogen-bond donors (Lipinski definition) is 3. The first-order valence-corrected chi connectivity index (χ1v) is 10.7. The Morgan fingerprint density at radius 2 is 1.93 bits per heavy atom. The first-order chi connectivity index (χ1) is 13.6. The third kappa shape index (κ3) is 3.94. The molecular formula is C23H26O4S. The molecule has 4 nitrogen and oxygen atoms in total. The molecule has 3 aromatic rings. The number of aliphatic hydroxyl groups is 2. The number of aliphatic hydroxyl groups excluding tert-OH is 2. The SMILES string of the molecule is CCc1cc(O)c([C@H]2C[C@@H](O)C[C@@H](CO)O2)cc1Cc1cc2ccccc2s1. The van der Waals surface area contributed by atoms with Crippen LogP contribution in [0.15, 0.2) is 42.5 Å². The highest BCUT2D eigenvalue weighted by molar-refractivity contribution is 7.19. The Kier molecular flexibility index (Phi) is 5.69. The number of thiophene rings is 1. The second-order valence-corrected chi connectivity index (χ2v) is 8.68. The lowest BCUT2D eigenvalue weighted by Crippen LogP contribution is -2.33. The Hall–Kier alpha value is -1.92. The molecule has 0 aliphatic carbocycles. The molecule has 1 aliphatic rings. The maximum absolute atomic E-state index is 10.6. The van der Waals surface area contributed by atoms with Crippen molar-refractivity contribution in [2.24, 2.45) is 0 Å². The van der Waals surface area contributed by atoms with Crippen molar-refractivity contribution in [1.29, 1.82) is 0 Å². The molecule has 5 heteroatoms. The van der Waals surface area contributed by atoms with E-state index in [0.717, 1.165) is 18.4 Å². The maximum Gasteiger partial charge on any atom is 0.121 e. The van der Waals surface area contributed by atoms with Gasteiger partial charge < -0.3 is 20.1 Å². The summed E-state index contributed by atoms with van der Waals surface area (Å²) in [7, 11) is 0. The lowest BCUT2D eigenvalue weighted by Gasteiger charge is -2.33. The number of ether oxygens (including phenoxy) is 1. The molecule has 1 fully saturated rings. The standard InChI is InChI=1S/C23H26O4S/c1-2-14-10-21(26)20(22-12-17(25)11-18(13-24)27-22)9-16(14)8-19-7-15-5-3-4-6-23(15)28-19/h3-7,9-10,17-18,22,24-26H,2,8,11-13H2,1H3/t17-,18-,22+/m0/s1. The first kappa shape index (κ1) is 19.4. The van der Waals surface area contributed by atoms with Gasteiger partial charge in [-0.05, 0) is 47.2 Å². The van der Waals surface area contributed by atoms with Crippen molar-refractivity contribution in [2.75, 3.05) is 6.61 Å². The van der Waals surface area contributed by atoms with Crippen LogP contribution in [0.5, 0.6) is 5.75 Å². The van der Waals surface area contributed by atoms with Crippen LogP contribution >= 0.6 is 11.3 Å². The van der Waals surface area contributed by atoms with E-state index in [4.69, 9.17) is 4.74 Å². The number of aryl methyl sites for hydroxylation is 1. The molecular weight excluding hydrogens is 372 g/mol. The molecule has 0 spiro atoms. The number of phenolic OH excluding ortho intramolecular Hbond substituents is 1. The van der Waals surface area contributed by atoms with Crippen LogP contribution in [-0.2, 0) is 17.6 Å². The Bertz CT molecular complexity index is 931. The summed E-state index contributed by atoms with van der Waals surface area (Å²) < 4.78 is 7.21. The third-order valence-electron chi connectivity index (χ3n) is 5.50. The maximum atomic E-state index is 10.6. The van der Waals surface area contributed by atoms with Gasteiger partial charge in [0.15, 0.2) is 0 Å². The van der Waals surface area contributed by atoms with Gasteiger partial charge in [-0.25, -0.2) is 0 Å². The molecule has 0 radical (unpaired) electrons. The van der Waals surface area contributed by atoms with Crippen molar-refractivity contribution in [3.63, 3.8) is 0 Å². The van der Waals surface area contributed by atoms with Gasteiger partial charge >= 0.3 is 0 Å². The summed E-state index contributed by atoms with van der Waals surface area (Å²) >= 11 is 1.79. The molecule has 0 unspecified atom stereocenters. The first-order valence-electron chi connectivity index (χ1n) is 9.83. The van der Waals surface area contributed by atoms with E-state index in [-0.39, 0.29) is 12.4 Å². The van der Waals surface area contributed by atoms with E-state index in [0.29, 0.717) is 18.4 Å². The van der Waals surface area contributed by atoms with Crippen LogP contribution < -0.4 is 0 Å². The van der Waals surface area contributed by atoms with Crippen molar-refractivity contribution in [3.05, 3.63) is 64.0 Å². The Balaban J connectivity index is 1.67. The second kappa shape index (κ2) is 8.21. The van der Waals surface area contributed by atoms with Gasteiger partial charge in [0.25, 0.3) is 0 Å². The van der Waals surface area contributed by atoms with Gasteiger partial charge in [-0.15, -0.1) is 11.3 Å². The minimum Gasteiger partial charge on any atom is -0.508 e. The van der Waals surface area contributed by atoms with Gasteiger partial charge in [0.1, 0.15) is 5.75 Å². The molecule has 3 atom stereocenters. The molecule has 1 saturated heterocycles. The zero-order valence-corrected chi connectivity index (χ0v) is 16.8. The van der Waals surface area contributed by atoms with Crippen LogP contribution in [0.3, 0.4) is 0 Å². The summed E-state index contributed by atoms with van der Waals surface area (Å²) in [5.74, 6) is 0.202. The van der Waals surface area contributed by atoms with E-state index in [1.807, 2.05) is 12.1 Å². The van der Waals surface area contributed by atoms with Gasteiger partial charge in [0, 0.05) is 34.4 Å². The summed E-state index contributed by atoms with van der Waals surface area (Å²) in [6, 6.07) is 14.5. The summed E-state index contributed by atoms with van der Waals surface area (Å²) in [6.45, 7) is 1.96. The summed E-state index contributed by atoms with van der Waals surface area (Å²) in [5, 5.41) is 31.5. The van der Waals surface area contributed by atoms with E-state index in [1.165, 1.54) is 20.5 Å². The monoisotopic (exact) mass is 398 g/mol. The molecule has 2 aromatic carbocycles. The van der Waals surface area contributed by atoms with Crippen molar-refractivity contribution in [2.45, 2.75) is 50.9 Å². The molecule has 1 aromatic heterocycles. The fourth-order valence-electron chi connectivity index (χ4n) is 4.07. The predicted molar refractivity (Wildman–Crippen MR) is 112 cm³/mol. The largest absolute Gasteiger partial charge is 0.508 e. The minimum atomic E-state index is -0.535. The minimum absolute atomic E-state index is 0.129. The fourth-order valence-corrected chi connectivity index (χ4v) is 5.15. The number of hydrogen-bond acceptors (Lipinski definition) is 5. The lowest BCUT2D eigenvalue weighted by molar-refractivity contribution is -0.114. The molecule has 0 saturated carbocycles. The zero-order valence-electron chi connectivity index (χ0n) is 16.0. The number of benzene rings is 2. The lowest BCUT2D eigenvalue weighted by atomic mass is 9.91. The van der Waals surface area contributed by atoms with E-state index >= 15 is 0 Å². The zero-order chi connectivity index (χ0) is 19.7. The summed E-state index contributed by atoms with van der Waals surface area (Å²) in [6.07, 6.45) is 1.15. The fraction of sp³-hybridized carbons (Fsp3) is 0.391. The van der Waals surface area contributed by atoms with E-state index < -0.39 is 18.3 Å². The molecule has 0 amide bonds. The Morgan fingerprint density at radius 3 is 2.68 bits per heavy atom. The Morgan fingerprint density at radius 1 is 1.11 bits per heavy atom. The normalized spacial score (nSPS) is 22.6. The quantitative estimate of drug-likeness (QED) is 0.598. The van der Waals surface area contributed by atoms with E-state index in [1.54, 1.807) is 11.3 Å². The average molecular weight is 399 g/mol. The second-order valence-electron chi connectivity index (χ2n) is 7.52. The van der Waals surface area contributed by atoms with Crippen molar-refractivity contribution in [3.8, 4) is 5.75 Å². The van der Waals surface area contributed by atoms with Gasteiger partial charge in [-0.3, -0.25) is 0 Å². The molecule has 4 rings (SSSR count). The van der Waals surface area contributed by atoms with Crippen molar-refractivity contribution in [1.82, 2.24) is 0 Å². The molecule has 148 valence electrons. The molecule has 1 aliphatic heterocycles. The van der Waals surface area contributed by atoms with Gasteiger partial charge in [-0.2, -0.15) is 0 Å². The highest BCUT2D eigenvalue weighted by atomic mass is 32.1. The van der Waals surface area contributed by atoms with Crippen molar-refractivity contribution >= 4 is 21.4 Å². The topological polar surface area (TPSA) is 69.9 Å². The number of phenols is 1. The smallest absolute Gasteiger partial charge is 0.121 e. The van der Waals surface area contributed by atoms with Crippen LogP contribution in [0.25, 0.3) is 10.1 Å². The highest BCUT2D eigenvalue weighted by Crippen LogP contribution is 2.38. The summed E-state index contributed by atoms with van der Waals surface area (Å²) in [5.41, 5.74) is 2.99. The molecule has 3 N–H and O–H groups in total. The predicted octanol–water partition coefficient (Wildman–Crippen LogP) is 4.33. The van der Waals surface area contributed by atoms with Gasteiger partial charge in [0.05, 0.1) is 24.9 Å². The van der Waals surface area contributed by atoms with E-state index in [9.17, 15) is 15.3 Å². The van der Waals surface area contributed by atoms with Crippen LogP contribution in [0.2, 0.25) is 0 Å². The van der Waals surface area contributed by atoms with Crippen molar-refractivity contribution < 1.29 is 20.1 Å². The van der Waals surface area contributed by atoms with Gasteiger partial charge in [0.2, 0.25) is 0 Å². The van der Waals surface area contributed by atoms with Crippen LogP contribution in [-0.4, -0.2) is 34.1 Å².